The first-order chi connectivity index (χ1) is 9.99. The highest BCUT2D eigenvalue weighted by atomic mass is 15.2. The molecule has 2 N–H and O–H groups in total. The fourth-order valence-corrected chi connectivity index (χ4v) is 3.61. The van der Waals surface area contributed by atoms with Crippen molar-refractivity contribution in [2.75, 3.05) is 33.7 Å². The van der Waals surface area contributed by atoms with Crippen molar-refractivity contribution in [1.29, 1.82) is 0 Å². The third kappa shape index (κ3) is 4.29. The third-order valence-electron chi connectivity index (χ3n) is 4.86. The van der Waals surface area contributed by atoms with Crippen molar-refractivity contribution in [1.82, 2.24) is 9.80 Å². The first-order valence-corrected chi connectivity index (χ1v) is 8.19. The summed E-state index contributed by atoms with van der Waals surface area (Å²) in [5, 5.41) is 0. The molecule has 0 saturated carbocycles. The molecule has 2 unspecified atom stereocenters. The summed E-state index contributed by atoms with van der Waals surface area (Å²) in [6.45, 7) is 7.92. The highest BCUT2D eigenvalue weighted by Crippen LogP contribution is 2.27. The van der Waals surface area contributed by atoms with Gasteiger partial charge >= 0.3 is 0 Å². The standard InChI is InChI=1S/C18H31N3/c1-14-7-5-6-8-17(14)18(15(2)19)21(4)13-16-9-11-20(3)12-10-16/h5-8,15-16,18H,9-13,19H2,1-4H3. The van der Waals surface area contributed by atoms with Crippen molar-refractivity contribution in [3.05, 3.63) is 35.4 Å². The van der Waals surface area contributed by atoms with Gasteiger partial charge in [-0.05, 0) is 70.9 Å². The van der Waals surface area contributed by atoms with Crippen molar-refractivity contribution < 1.29 is 0 Å². The van der Waals surface area contributed by atoms with E-state index in [-0.39, 0.29) is 6.04 Å². The molecule has 0 bridgehead atoms. The summed E-state index contributed by atoms with van der Waals surface area (Å²) in [7, 11) is 4.46. The second-order valence-corrected chi connectivity index (χ2v) is 6.85. The summed E-state index contributed by atoms with van der Waals surface area (Å²) in [5.41, 5.74) is 9.04. The van der Waals surface area contributed by atoms with Crippen LogP contribution in [0.3, 0.4) is 0 Å². The second kappa shape index (κ2) is 7.39. The Bertz CT molecular complexity index is 436. The second-order valence-electron chi connectivity index (χ2n) is 6.85. The third-order valence-corrected chi connectivity index (χ3v) is 4.86. The van der Waals surface area contributed by atoms with E-state index in [4.69, 9.17) is 5.73 Å². The van der Waals surface area contributed by atoms with Crippen LogP contribution in [0.15, 0.2) is 24.3 Å². The number of nitrogens with two attached hydrogens (primary N) is 1. The first-order valence-electron chi connectivity index (χ1n) is 8.19. The lowest BCUT2D eigenvalue weighted by atomic mass is 9.92. The average molecular weight is 289 g/mol. The van der Waals surface area contributed by atoms with Gasteiger partial charge in [0.15, 0.2) is 0 Å². The number of likely N-dealkylation sites (N-methyl/N-ethyl adjacent to an activating group) is 1. The number of benzene rings is 1. The summed E-state index contributed by atoms with van der Waals surface area (Å²) >= 11 is 0. The Morgan fingerprint density at radius 2 is 1.90 bits per heavy atom. The molecule has 0 amide bonds. The van der Waals surface area contributed by atoms with Crippen LogP contribution in [-0.4, -0.2) is 49.6 Å². The maximum atomic E-state index is 6.32. The Labute approximate surface area is 130 Å². The molecule has 3 nitrogen and oxygen atoms in total. The largest absolute Gasteiger partial charge is 0.326 e. The van der Waals surface area contributed by atoms with Gasteiger partial charge in [-0.1, -0.05) is 24.3 Å². The highest BCUT2D eigenvalue weighted by Gasteiger charge is 2.26. The Hall–Kier alpha value is -0.900. The van der Waals surface area contributed by atoms with E-state index in [0.717, 1.165) is 12.5 Å². The van der Waals surface area contributed by atoms with Crippen molar-refractivity contribution in [3.8, 4) is 0 Å². The smallest absolute Gasteiger partial charge is 0.0496 e. The zero-order valence-electron chi connectivity index (χ0n) is 14.0. The summed E-state index contributed by atoms with van der Waals surface area (Å²) in [5.74, 6) is 0.802. The van der Waals surface area contributed by atoms with Crippen LogP contribution in [0.25, 0.3) is 0 Å². The average Bonchev–Trinajstić information content (AvgIpc) is 2.43. The topological polar surface area (TPSA) is 32.5 Å². The minimum absolute atomic E-state index is 0.141. The molecule has 1 aliphatic rings. The number of aryl methyl sites for hydroxylation is 1. The molecule has 21 heavy (non-hydrogen) atoms. The molecule has 0 radical (unpaired) electrons. The number of hydrogen-bond acceptors (Lipinski definition) is 3. The number of piperidine rings is 1. The van der Waals surface area contributed by atoms with E-state index in [2.05, 4.69) is 62.0 Å². The molecule has 1 aromatic rings. The fraction of sp³-hybridized carbons (Fsp3) is 0.667. The van der Waals surface area contributed by atoms with Crippen LogP contribution in [-0.2, 0) is 0 Å². The van der Waals surface area contributed by atoms with Crippen LogP contribution < -0.4 is 5.73 Å². The number of likely N-dealkylation sites (tertiary alicyclic amines) is 1. The molecule has 1 heterocycles. The summed E-state index contributed by atoms with van der Waals surface area (Å²) in [6, 6.07) is 9.10. The molecule has 0 aliphatic carbocycles. The maximum Gasteiger partial charge on any atom is 0.0496 e. The molecule has 1 aliphatic heterocycles. The minimum Gasteiger partial charge on any atom is -0.326 e. The number of nitrogens with zero attached hydrogens (tertiary/aromatic N) is 2. The van der Waals surface area contributed by atoms with Gasteiger partial charge in [0, 0.05) is 18.6 Å². The van der Waals surface area contributed by atoms with Crippen LogP contribution in [0.5, 0.6) is 0 Å². The predicted molar refractivity (Wildman–Crippen MR) is 90.4 cm³/mol. The monoisotopic (exact) mass is 289 g/mol. The zero-order valence-corrected chi connectivity index (χ0v) is 14.0. The number of rotatable bonds is 5. The molecule has 1 fully saturated rings. The Balaban J connectivity index is 2.06. The molecular weight excluding hydrogens is 258 g/mol. The van der Waals surface area contributed by atoms with E-state index in [1.165, 1.54) is 37.1 Å². The van der Waals surface area contributed by atoms with Crippen molar-refractivity contribution in [3.63, 3.8) is 0 Å². The summed E-state index contributed by atoms with van der Waals surface area (Å²) in [6.07, 6.45) is 2.61. The number of hydrogen-bond donors (Lipinski definition) is 1. The normalized spacial score (nSPS) is 20.7. The van der Waals surface area contributed by atoms with Crippen molar-refractivity contribution in [2.24, 2.45) is 11.7 Å². The fourth-order valence-electron chi connectivity index (χ4n) is 3.61. The van der Waals surface area contributed by atoms with E-state index >= 15 is 0 Å². The van der Waals surface area contributed by atoms with Gasteiger partial charge in [0.1, 0.15) is 0 Å². The summed E-state index contributed by atoms with van der Waals surface area (Å²) in [4.78, 5) is 4.91. The van der Waals surface area contributed by atoms with Crippen molar-refractivity contribution >= 4 is 0 Å². The lowest BCUT2D eigenvalue weighted by Crippen LogP contribution is -2.42. The van der Waals surface area contributed by atoms with Crippen molar-refractivity contribution in [2.45, 2.75) is 38.8 Å². The van der Waals surface area contributed by atoms with Crippen LogP contribution >= 0.6 is 0 Å². The van der Waals surface area contributed by atoms with Gasteiger partial charge in [-0.15, -0.1) is 0 Å². The lowest BCUT2D eigenvalue weighted by Gasteiger charge is -2.37. The van der Waals surface area contributed by atoms with Gasteiger partial charge in [-0.2, -0.15) is 0 Å². The van der Waals surface area contributed by atoms with Gasteiger partial charge in [-0.3, -0.25) is 4.90 Å². The van der Waals surface area contributed by atoms with Crippen LogP contribution in [0.2, 0.25) is 0 Å². The highest BCUT2D eigenvalue weighted by molar-refractivity contribution is 5.29. The van der Waals surface area contributed by atoms with Crippen LogP contribution in [0.4, 0.5) is 0 Å². The quantitative estimate of drug-likeness (QED) is 0.904. The lowest BCUT2D eigenvalue weighted by molar-refractivity contribution is 0.140. The Morgan fingerprint density at radius 3 is 2.48 bits per heavy atom. The van der Waals surface area contributed by atoms with Crippen LogP contribution in [0, 0.1) is 12.8 Å². The molecule has 0 spiro atoms. The molecule has 3 heteroatoms. The van der Waals surface area contributed by atoms with Crippen LogP contribution in [0.1, 0.15) is 36.9 Å². The first kappa shape index (κ1) is 16.5. The van der Waals surface area contributed by atoms with E-state index in [9.17, 15) is 0 Å². The van der Waals surface area contributed by atoms with E-state index in [0.29, 0.717) is 6.04 Å². The minimum atomic E-state index is 0.141. The SMILES string of the molecule is Cc1ccccc1C(C(C)N)N(C)CC1CCN(C)CC1. The molecule has 0 aromatic heterocycles. The maximum absolute atomic E-state index is 6.32. The molecule has 2 rings (SSSR count). The zero-order chi connectivity index (χ0) is 15.4. The predicted octanol–water partition coefficient (Wildman–Crippen LogP) is 2.66. The molecular formula is C18H31N3. The van der Waals surface area contributed by atoms with E-state index in [1.807, 2.05) is 0 Å². The van der Waals surface area contributed by atoms with E-state index < -0.39 is 0 Å². The van der Waals surface area contributed by atoms with Gasteiger partial charge < -0.3 is 10.6 Å². The Kier molecular flexibility index (Phi) is 5.80. The molecule has 118 valence electrons. The van der Waals surface area contributed by atoms with Gasteiger partial charge in [0.05, 0.1) is 0 Å². The van der Waals surface area contributed by atoms with Gasteiger partial charge in [0.2, 0.25) is 0 Å². The molecule has 1 aromatic carbocycles. The van der Waals surface area contributed by atoms with Gasteiger partial charge in [0.25, 0.3) is 0 Å². The van der Waals surface area contributed by atoms with E-state index in [1.54, 1.807) is 0 Å². The Morgan fingerprint density at radius 1 is 1.29 bits per heavy atom. The molecule has 2 atom stereocenters. The molecule has 1 saturated heterocycles. The van der Waals surface area contributed by atoms with Gasteiger partial charge in [-0.25, -0.2) is 0 Å². The summed E-state index contributed by atoms with van der Waals surface area (Å²) < 4.78 is 0.